The molecule has 1 aromatic rings. The molecule has 0 spiro atoms. The van der Waals surface area contributed by atoms with E-state index in [0.717, 1.165) is 12.2 Å². The number of aliphatic hydroxyl groups is 1. The molecule has 0 radical (unpaired) electrons. The van der Waals surface area contributed by atoms with Crippen molar-refractivity contribution < 1.29 is 5.11 Å². The molecule has 1 N–H and O–H groups in total. The molecule has 0 aliphatic carbocycles. The van der Waals surface area contributed by atoms with E-state index in [1.165, 1.54) is 0 Å². The second-order valence-electron chi connectivity index (χ2n) is 3.01. The van der Waals surface area contributed by atoms with Gasteiger partial charge < -0.3 is 9.67 Å². The Morgan fingerprint density at radius 3 is 2.33 bits per heavy atom. The number of aromatic nitrogens is 3. The average Bonchev–Trinajstić information content (AvgIpc) is 2.46. The maximum atomic E-state index is 8.95. The van der Waals surface area contributed by atoms with Gasteiger partial charge in [-0.25, -0.2) is 0 Å². The Labute approximate surface area is 72.2 Å². The first-order valence-corrected chi connectivity index (χ1v) is 4.24. The number of aliphatic hydroxyl groups excluding tert-OH is 1. The summed E-state index contributed by atoms with van der Waals surface area (Å²) in [6.45, 7) is 6.11. The van der Waals surface area contributed by atoms with Crippen LogP contribution in [0.5, 0.6) is 0 Å². The third-order valence-electron chi connectivity index (χ3n) is 1.81. The molecule has 0 saturated heterocycles. The summed E-state index contributed by atoms with van der Waals surface area (Å²) >= 11 is 0. The van der Waals surface area contributed by atoms with Crippen molar-refractivity contribution in [1.29, 1.82) is 0 Å². The van der Waals surface area contributed by atoms with Gasteiger partial charge in [0, 0.05) is 12.5 Å². The summed E-state index contributed by atoms with van der Waals surface area (Å²) in [6, 6.07) is 0.317. The molecule has 68 valence electrons. The second-order valence-corrected chi connectivity index (χ2v) is 3.01. The first-order valence-electron chi connectivity index (χ1n) is 4.24. The van der Waals surface area contributed by atoms with Crippen LogP contribution in [0.1, 0.15) is 38.5 Å². The molecule has 0 atom stereocenters. The SMILES string of the molecule is CCc1nnc(CO)n1C(C)C. The zero-order chi connectivity index (χ0) is 9.14. The number of hydrogen-bond donors (Lipinski definition) is 1. The average molecular weight is 169 g/mol. The molecule has 0 amide bonds. The van der Waals surface area contributed by atoms with Crippen LogP contribution in [-0.4, -0.2) is 19.9 Å². The van der Waals surface area contributed by atoms with Gasteiger partial charge in [0.25, 0.3) is 0 Å². The number of aryl methyl sites for hydroxylation is 1. The van der Waals surface area contributed by atoms with E-state index in [0.29, 0.717) is 11.9 Å². The van der Waals surface area contributed by atoms with Crippen LogP contribution in [0.3, 0.4) is 0 Å². The first kappa shape index (κ1) is 9.19. The van der Waals surface area contributed by atoms with Gasteiger partial charge in [-0.05, 0) is 13.8 Å². The van der Waals surface area contributed by atoms with Crippen molar-refractivity contribution in [2.75, 3.05) is 0 Å². The highest BCUT2D eigenvalue weighted by atomic mass is 16.3. The molecule has 1 rings (SSSR count). The lowest BCUT2D eigenvalue weighted by molar-refractivity contribution is 0.261. The van der Waals surface area contributed by atoms with E-state index < -0.39 is 0 Å². The van der Waals surface area contributed by atoms with Gasteiger partial charge in [0.15, 0.2) is 5.82 Å². The molecule has 0 fully saturated rings. The highest BCUT2D eigenvalue weighted by molar-refractivity contribution is 4.96. The maximum absolute atomic E-state index is 8.95. The quantitative estimate of drug-likeness (QED) is 0.731. The Kier molecular flexibility index (Phi) is 2.81. The highest BCUT2D eigenvalue weighted by Crippen LogP contribution is 2.11. The smallest absolute Gasteiger partial charge is 0.159 e. The fourth-order valence-electron chi connectivity index (χ4n) is 1.31. The number of nitrogens with zero attached hydrogens (tertiary/aromatic N) is 3. The molecule has 12 heavy (non-hydrogen) atoms. The molecular formula is C8H15N3O. The fraction of sp³-hybridized carbons (Fsp3) is 0.750. The lowest BCUT2D eigenvalue weighted by Gasteiger charge is -2.11. The standard InChI is InChI=1S/C8H15N3O/c1-4-7-9-10-8(5-12)11(7)6(2)3/h6,12H,4-5H2,1-3H3. The monoisotopic (exact) mass is 169 g/mol. The van der Waals surface area contributed by atoms with Crippen LogP contribution in [-0.2, 0) is 13.0 Å². The van der Waals surface area contributed by atoms with E-state index in [4.69, 9.17) is 5.11 Å². The molecule has 0 aromatic carbocycles. The minimum atomic E-state index is -0.0365. The van der Waals surface area contributed by atoms with Gasteiger partial charge >= 0.3 is 0 Å². The predicted octanol–water partition coefficient (Wildman–Crippen LogP) is 0.914. The Morgan fingerprint density at radius 1 is 1.33 bits per heavy atom. The van der Waals surface area contributed by atoms with Gasteiger partial charge in [0.1, 0.15) is 12.4 Å². The van der Waals surface area contributed by atoms with Crippen LogP contribution < -0.4 is 0 Å². The number of rotatable bonds is 3. The van der Waals surface area contributed by atoms with Crippen molar-refractivity contribution in [3.05, 3.63) is 11.6 Å². The molecule has 0 aliphatic rings. The third kappa shape index (κ3) is 1.48. The zero-order valence-corrected chi connectivity index (χ0v) is 7.78. The minimum absolute atomic E-state index is 0.0365. The Morgan fingerprint density at radius 2 is 1.92 bits per heavy atom. The summed E-state index contributed by atoms with van der Waals surface area (Å²) in [6.07, 6.45) is 0.852. The van der Waals surface area contributed by atoms with Crippen molar-refractivity contribution in [3.63, 3.8) is 0 Å². The van der Waals surface area contributed by atoms with Gasteiger partial charge in [-0.2, -0.15) is 0 Å². The molecule has 0 bridgehead atoms. The molecule has 4 heteroatoms. The molecule has 1 heterocycles. The molecule has 1 aromatic heterocycles. The molecular weight excluding hydrogens is 154 g/mol. The second kappa shape index (κ2) is 3.67. The first-order chi connectivity index (χ1) is 5.70. The Bertz CT molecular complexity index is 233. The zero-order valence-electron chi connectivity index (χ0n) is 7.78. The van der Waals surface area contributed by atoms with Crippen LogP contribution in [0.25, 0.3) is 0 Å². The van der Waals surface area contributed by atoms with Crippen LogP contribution in [0.15, 0.2) is 0 Å². The molecule has 4 nitrogen and oxygen atoms in total. The summed E-state index contributed by atoms with van der Waals surface area (Å²) in [5.74, 6) is 1.59. The summed E-state index contributed by atoms with van der Waals surface area (Å²) in [7, 11) is 0. The summed E-state index contributed by atoms with van der Waals surface area (Å²) in [4.78, 5) is 0. The molecule has 0 saturated carbocycles. The van der Waals surface area contributed by atoms with Crippen LogP contribution in [0.2, 0.25) is 0 Å². The normalized spacial score (nSPS) is 11.1. The van der Waals surface area contributed by atoms with Gasteiger partial charge in [0.05, 0.1) is 0 Å². The van der Waals surface area contributed by atoms with E-state index in [1.54, 1.807) is 0 Å². The largest absolute Gasteiger partial charge is 0.388 e. The van der Waals surface area contributed by atoms with Crippen molar-refractivity contribution in [2.45, 2.75) is 39.8 Å². The van der Waals surface area contributed by atoms with Crippen molar-refractivity contribution in [3.8, 4) is 0 Å². The lowest BCUT2D eigenvalue weighted by atomic mass is 10.3. The Balaban J connectivity index is 3.07. The number of hydrogen-bond acceptors (Lipinski definition) is 3. The van der Waals surface area contributed by atoms with Crippen LogP contribution in [0, 0.1) is 0 Å². The topological polar surface area (TPSA) is 50.9 Å². The van der Waals surface area contributed by atoms with Crippen molar-refractivity contribution in [1.82, 2.24) is 14.8 Å². The predicted molar refractivity (Wildman–Crippen MR) is 45.7 cm³/mol. The van der Waals surface area contributed by atoms with E-state index in [-0.39, 0.29) is 6.61 Å². The van der Waals surface area contributed by atoms with E-state index >= 15 is 0 Å². The van der Waals surface area contributed by atoms with E-state index in [2.05, 4.69) is 24.0 Å². The van der Waals surface area contributed by atoms with Gasteiger partial charge in [-0.3, -0.25) is 0 Å². The van der Waals surface area contributed by atoms with Crippen LogP contribution >= 0.6 is 0 Å². The summed E-state index contributed by atoms with van der Waals surface area (Å²) in [5.41, 5.74) is 0. The minimum Gasteiger partial charge on any atom is -0.388 e. The van der Waals surface area contributed by atoms with Crippen molar-refractivity contribution in [2.24, 2.45) is 0 Å². The van der Waals surface area contributed by atoms with Crippen LogP contribution in [0.4, 0.5) is 0 Å². The van der Waals surface area contributed by atoms with Crippen molar-refractivity contribution >= 4 is 0 Å². The van der Waals surface area contributed by atoms with Gasteiger partial charge in [0.2, 0.25) is 0 Å². The van der Waals surface area contributed by atoms with Gasteiger partial charge in [-0.15, -0.1) is 10.2 Å². The fourth-order valence-corrected chi connectivity index (χ4v) is 1.31. The molecule has 0 unspecified atom stereocenters. The van der Waals surface area contributed by atoms with E-state index in [1.807, 2.05) is 11.5 Å². The third-order valence-corrected chi connectivity index (χ3v) is 1.81. The molecule has 0 aliphatic heterocycles. The lowest BCUT2D eigenvalue weighted by Crippen LogP contribution is -2.09. The van der Waals surface area contributed by atoms with E-state index in [9.17, 15) is 0 Å². The highest BCUT2D eigenvalue weighted by Gasteiger charge is 2.11. The summed E-state index contributed by atoms with van der Waals surface area (Å²) in [5, 5.41) is 16.8. The maximum Gasteiger partial charge on any atom is 0.159 e. The summed E-state index contributed by atoms with van der Waals surface area (Å²) < 4.78 is 1.97. The van der Waals surface area contributed by atoms with Gasteiger partial charge in [-0.1, -0.05) is 6.92 Å². The Hall–Kier alpha value is -0.900.